The molecule has 0 fully saturated rings. The summed E-state index contributed by atoms with van der Waals surface area (Å²) in [6, 6.07) is 6.73. The van der Waals surface area contributed by atoms with E-state index in [1.165, 1.54) is 6.20 Å². The highest BCUT2D eigenvalue weighted by Crippen LogP contribution is 2.33. The van der Waals surface area contributed by atoms with Crippen LogP contribution < -0.4 is 5.32 Å². The van der Waals surface area contributed by atoms with Gasteiger partial charge in [0.2, 0.25) is 11.6 Å². The van der Waals surface area contributed by atoms with Gasteiger partial charge in [-0.1, -0.05) is 11.6 Å². The van der Waals surface area contributed by atoms with Gasteiger partial charge in [-0.15, -0.1) is 0 Å². The van der Waals surface area contributed by atoms with Crippen molar-refractivity contribution in [2.45, 2.75) is 6.42 Å². The number of phenolic OH excluding ortho intramolecular Hbond substituents is 1. The van der Waals surface area contributed by atoms with Gasteiger partial charge < -0.3 is 10.4 Å². The highest BCUT2D eigenvalue weighted by Gasteiger charge is 2.32. The van der Waals surface area contributed by atoms with E-state index in [1.807, 2.05) is 0 Å². The molecule has 0 amide bonds. The number of carbonyl (C=O) groups excluding carboxylic acids is 2. The Hall–Kier alpha value is -1.70. The Labute approximate surface area is 165 Å². The number of pyridine rings is 1. The van der Waals surface area contributed by atoms with Crippen LogP contribution in [0.25, 0.3) is 0 Å². The van der Waals surface area contributed by atoms with E-state index >= 15 is 0 Å². The van der Waals surface area contributed by atoms with Gasteiger partial charge in [0, 0.05) is 12.7 Å². The summed E-state index contributed by atoms with van der Waals surface area (Å²) in [5.74, 6) is -0.685. The van der Waals surface area contributed by atoms with Gasteiger partial charge in [0.05, 0.1) is 14.5 Å². The van der Waals surface area contributed by atoms with E-state index in [-0.39, 0.29) is 33.5 Å². The molecule has 128 valence electrons. The molecule has 1 aromatic heterocycles. The number of hydrogen-bond acceptors (Lipinski definition) is 5. The lowest BCUT2D eigenvalue weighted by molar-refractivity contribution is 0.0971. The van der Waals surface area contributed by atoms with Crippen LogP contribution in [0.3, 0.4) is 0 Å². The molecule has 0 radical (unpaired) electrons. The lowest BCUT2D eigenvalue weighted by Crippen LogP contribution is -2.30. The molecule has 1 aliphatic carbocycles. The SMILES string of the molecule is O=C1C(NCCc2cc(Br)c(O)c(Br)c2)=C(Cl)C(=O)c2ncccc21. The van der Waals surface area contributed by atoms with E-state index in [9.17, 15) is 14.7 Å². The van der Waals surface area contributed by atoms with E-state index in [2.05, 4.69) is 42.2 Å². The zero-order chi connectivity index (χ0) is 18.1. The number of hydrogen-bond donors (Lipinski definition) is 2. The molecule has 1 aliphatic rings. The van der Waals surface area contributed by atoms with Crippen LogP contribution in [0.1, 0.15) is 26.4 Å². The fourth-order valence-corrected chi connectivity index (χ4v) is 4.00. The molecule has 2 aromatic rings. The molecule has 0 saturated heterocycles. The van der Waals surface area contributed by atoms with Crippen LogP contribution >= 0.6 is 43.5 Å². The summed E-state index contributed by atoms with van der Waals surface area (Å²) >= 11 is 12.6. The summed E-state index contributed by atoms with van der Waals surface area (Å²) in [6.07, 6.45) is 2.01. The molecule has 0 saturated carbocycles. The Morgan fingerprint density at radius 2 is 1.84 bits per heavy atom. The summed E-state index contributed by atoms with van der Waals surface area (Å²) in [6.45, 7) is 0.393. The van der Waals surface area contributed by atoms with Gasteiger partial charge in [0.25, 0.3) is 0 Å². The molecule has 0 unspecified atom stereocenters. The molecular formula is C17H11Br2ClN2O3. The first-order chi connectivity index (χ1) is 11.9. The highest BCUT2D eigenvalue weighted by molar-refractivity contribution is 9.11. The molecule has 25 heavy (non-hydrogen) atoms. The molecule has 8 heteroatoms. The Bertz CT molecular complexity index is 905. The van der Waals surface area contributed by atoms with Crippen molar-refractivity contribution in [1.29, 1.82) is 0 Å². The number of carbonyl (C=O) groups is 2. The van der Waals surface area contributed by atoms with Gasteiger partial charge >= 0.3 is 0 Å². The molecule has 0 atom stereocenters. The summed E-state index contributed by atoms with van der Waals surface area (Å²) in [7, 11) is 0. The second kappa shape index (κ2) is 7.27. The van der Waals surface area contributed by atoms with Gasteiger partial charge in [-0.3, -0.25) is 14.6 Å². The number of ketones is 2. The first-order valence-corrected chi connectivity index (χ1v) is 9.21. The summed E-state index contributed by atoms with van der Waals surface area (Å²) < 4.78 is 1.14. The maximum atomic E-state index is 12.5. The first-order valence-electron chi connectivity index (χ1n) is 7.25. The van der Waals surface area contributed by atoms with Gasteiger partial charge in [-0.2, -0.15) is 0 Å². The van der Waals surface area contributed by atoms with E-state index < -0.39 is 5.78 Å². The van der Waals surface area contributed by atoms with Gasteiger partial charge in [-0.05, 0) is 68.1 Å². The normalized spacial score (nSPS) is 13.9. The van der Waals surface area contributed by atoms with Crippen LogP contribution in [0.15, 0.2) is 50.1 Å². The third-order valence-electron chi connectivity index (χ3n) is 3.71. The number of phenols is 1. The summed E-state index contributed by atoms with van der Waals surface area (Å²) in [4.78, 5) is 28.7. The Balaban J connectivity index is 1.76. The molecule has 5 nitrogen and oxygen atoms in total. The second-order valence-electron chi connectivity index (χ2n) is 5.33. The van der Waals surface area contributed by atoms with Crippen LogP contribution in [-0.2, 0) is 6.42 Å². The lowest BCUT2D eigenvalue weighted by Gasteiger charge is -2.18. The van der Waals surface area contributed by atoms with Crippen LogP contribution in [0, 0.1) is 0 Å². The minimum atomic E-state index is -0.463. The van der Waals surface area contributed by atoms with E-state index in [1.54, 1.807) is 24.3 Å². The van der Waals surface area contributed by atoms with Crippen molar-refractivity contribution < 1.29 is 14.7 Å². The Morgan fingerprint density at radius 3 is 2.52 bits per heavy atom. The van der Waals surface area contributed by atoms with Crippen LogP contribution in [0.2, 0.25) is 0 Å². The summed E-state index contributed by atoms with van der Waals surface area (Å²) in [5, 5.41) is 12.5. The van der Waals surface area contributed by atoms with Gasteiger partial charge in [0.1, 0.15) is 22.2 Å². The lowest BCUT2D eigenvalue weighted by atomic mass is 9.97. The fraction of sp³-hybridized carbons (Fsp3) is 0.118. The van der Waals surface area contributed by atoms with Gasteiger partial charge in [0.15, 0.2) is 0 Å². The first kappa shape index (κ1) is 18.1. The Morgan fingerprint density at radius 1 is 1.16 bits per heavy atom. The molecule has 0 aliphatic heterocycles. The number of allylic oxidation sites excluding steroid dienone is 2. The van der Waals surface area contributed by atoms with E-state index in [0.717, 1.165) is 5.56 Å². The molecule has 1 heterocycles. The smallest absolute Gasteiger partial charge is 0.225 e. The van der Waals surface area contributed by atoms with Crippen molar-refractivity contribution in [2.75, 3.05) is 6.54 Å². The second-order valence-corrected chi connectivity index (χ2v) is 7.42. The standard InChI is InChI=1S/C17H11Br2ClN2O3/c18-10-6-8(7-11(19)16(10)24)3-5-22-14-12(20)17(25)13-9(15(14)23)2-1-4-21-13/h1-2,4,6-7,22,24H,3,5H2. The fourth-order valence-electron chi connectivity index (χ4n) is 2.47. The molecule has 0 bridgehead atoms. The predicted octanol–water partition coefficient (Wildman–Crippen LogP) is 3.97. The highest BCUT2D eigenvalue weighted by atomic mass is 79.9. The van der Waals surface area contributed by atoms with Crippen molar-refractivity contribution in [3.8, 4) is 5.75 Å². The average molecular weight is 487 g/mol. The van der Waals surface area contributed by atoms with Crippen LogP contribution in [0.5, 0.6) is 5.75 Å². The quantitative estimate of drug-likeness (QED) is 0.684. The monoisotopic (exact) mass is 484 g/mol. The molecule has 3 rings (SSSR count). The third kappa shape index (κ3) is 3.49. The number of nitrogens with zero attached hydrogens (tertiary/aromatic N) is 1. The Kier molecular flexibility index (Phi) is 5.27. The maximum absolute atomic E-state index is 12.5. The molecular weight excluding hydrogens is 475 g/mol. The third-order valence-corrected chi connectivity index (χ3v) is 5.28. The molecule has 0 spiro atoms. The van der Waals surface area contributed by atoms with Crippen molar-refractivity contribution >= 4 is 55.0 Å². The maximum Gasteiger partial charge on any atom is 0.225 e. The number of Topliss-reactive ketones (excluding diaryl/α,β-unsaturated/α-hetero) is 2. The minimum Gasteiger partial charge on any atom is -0.506 e. The van der Waals surface area contributed by atoms with Crippen LogP contribution in [-0.4, -0.2) is 28.2 Å². The largest absolute Gasteiger partial charge is 0.506 e. The number of halogens is 3. The zero-order valence-electron chi connectivity index (χ0n) is 12.6. The molecule has 1 aromatic carbocycles. The average Bonchev–Trinajstić information content (AvgIpc) is 2.60. The number of rotatable bonds is 4. The number of fused-ring (bicyclic) bond motifs is 1. The number of aromatic hydroxyl groups is 1. The number of aromatic nitrogens is 1. The van der Waals surface area contributed by atoms with Crippen molar-refractivity contribution in [3.63, 3.8) is 0 Å². The number of benzene rings is 1. The van der Waals surface area contributed by atoms with Crippen molar-refractivity contribution in [3.05, 3.63) is 67.0 Å². The van der Waals surface area contributed by atoms with Crippen molar-refractivity contribution in [2.24, 2.45) is 0 Å². The predicted molar refractivity (Wildman–Crippen MR) is 101 cm³/mol. The van der Waals surface area contributed by atoms with Gasteiger partial charge in [-0.25, -0.2) is 0 Å². The summed E-state index contributed by atoms with van der Waals surface area (Å²) in [5.41, 5.74) is 1.34. The topological polar surface area (TPSA) is 79.3 Å². The minimum absolute atomic E-state index is 0.0782. The van der Waals surface area contributed by atoms with Crippen LogP contribution in [0.4, 0.5) is 0 Å². The zero-order valence-corrected chi connectivity index (χ0v) is 16.6. The van der Waals surface area contributed by atoms with E-state index in [4.69, 9.17) is 11.6 Å². The van der Waals surface area contributed by atoms with Crippen molar-refractivity contribution in [1.82, 2.24) is 10.3 Å². The number of nitrogens with one attached hydrogen (secondary N) is 1. The molecule has 2 N–H and O–H groups in total. The van der Waals surface area contributed by atoms with E-state index in [0.29, 0.717) is 21.9 Å².